The smallest absolute Gasteiger partial charge is 0.100 e. The van der Waals surface area contributed by atoms with E-state index in [1.807, 2.05) is 13.0 Å². The number of nitrogens with zero attached hydrogens (tertiary/aromatic N) is 1. The van der Waals surface area contributed by atoms with Gasteiger partial charge >= 0.3 is 0 Å². The average Bonchev–Trinajstić information content (AvgIpc) is 2.66. The van der Waals surface area contributed by atoms with E-state index in [9.17, 15) is 5.11 Å². The summed E-state index contributed by atoms with van der Waals surface area (Å²) in [6, 6.07) is 1.91. The van der Waals surface area contributed by atoms with E-state index in [0.29, 0.717) is 5.92 Å². The Morgan fingerprint density at radius 1 is 1.73 bits per heavy atom. The van der Waals surface area contributed by atoms with Crippen molar-refractivity contribution in [2.24, 2.45) is 5.92 Å². The van der Waals surface area contributed by atoms with Gasteiger partial charge in [0.1, 0.15) is 5.60 Å². The van der Waals surface area contributed by atoms with Gasteiger partial charge < -0.3 is 5.11 Å². The first-order chi connectivity index (χ1) is 5.21. The molecule has 1 saturated carbocycles. The first kappa shape index (κ1) is 7.25. The van der Waals surface area contributed by atoms with E-state index in [0.717, 1.165) is 17.7 Å². The van der Waals surface area contributed by atoms with Gasteiger partial charge in [-0.05, 0) is 43.3 Å². The molecular weight excluding hydrogens is 158 g/mol. The molecular formula is C8H11NOS. The summed E-state index contributed by atoms with van der Waals surface area (Å²) in [5.74, 6) is 0.475. The Kier molecular flexibility index (Phi) is 1.51. The largest absolute Gasteiger partial charge is 0.384 e. The Balaban J connectivity index is 2.26. The monoisotopic (exact) mass is 169 g/mol. The molecule has 2 nitrogen and oxygen atoms in total. The van der Waals surface area contributed by atoms with E-state index in [-0.39, 0.29) is 0 Å². The minimum absolute atomic E-state index is 0.475. The molecule has 0 amide bonds. The minimum atomic E-state index is -0.610. The molecule has 1 N–H and O–H groups in total. The second kappa shape index (κ2) is 2.29. The van der Waals surface area contributed by atoms with Crippen LogP contribution in [-0.2, 0) is 5.60 Å². The van der Waals surface area contributed by atoms with E-state index in [1.165, 1.54) is 11.5 Å². The van der Waals surface area contributed by atoms with Crippen molar-refractivity contribution in [1.29, 1.82) is 0 Å². The highest BCUT2D eigenvalue weighted by atomic mass is 32.1. The molecule has 0 aliphatic heterocycles. The summed E-state index contributed by atoms with van der Waals surface area (Å²) in [7, 11) is 0. The fourth-order valence-corrected chi connectivity index (χ4v) is 2.03. The van der Waals surface area contributed by atoms with Crippen molar-refractivity contribution in [2.75, 3.05) is 0 Å². The van der Waals surface area contributed by atoms with Crippen molar-refractivity contribution in [2.45, 2.75) is 25.4 Å². The number of hydrogen-bond donors (Lipinski definition) is 1. The van der Waals surface area contributed by atoms with Crippen LogP contribution in [0.2, 0.25) is 0 Å². The lowest BCUT2D eigenvalue weighted by Gasteiger charge is -2.19. The van der Waals surface area contributed by atoms with Crippen molar-refractivity contribution in [3.63, 3.8) is 0 Å². The highest BCUT2D eigenvalue weighted by Gasteiger charge is 2.42. The van der Waals surface area contributed by atoms with E-state index >= 15 is 0 Å². The van der Waals surface area contributed by atoms with Gasteiger partial charge in [-0.3, -0.25) is 0 Å². The molecule has 3 heteroatoms. The molecule has 0 bridgehead atoms. The molecule has 11 heavy (non-hydrogen) atoms. The summed E-state index contributed by atoms with van der Waals surface area (Å²) in [6.45, 7) is 1.89. The number of aromatic nitrogens is 1. The van der Waals surface area contributed by atoms with Crippen LogP contribution in [0.4, 0.5) is 0 Å². The summed E-state index contributed by atoms with van der Waals surface area (Å²) in [5.41, 5.74) is -0.610. The molecule has 1 fully saturated rings. The summed E-state index contributed by atoms with van der Waals surface area (Å²) >= 11 is 1.40. The average molecular weight is 169 g/mol. The molecule has 1 aliphatic rings. The lowest BCUT2D eigenvalue weighted by molar-refractivity contribution is 0.0368. The SMILES string of the molecule is CC(O)(c1ccns1)C1CC1. The van der Waals surface area contributed by atoms with Crippen LogP contribution in [0.3, 0.4) is 0 Å². The fraction of sp³-hybridized carbons (Fsp3) is 0.625. The van der Waals surface area contributed by atoms with Gasteiger partial charge in [-0.15, -0.1) is 0 Å². The highest BCUT2D eigenvalue weighted by Crippen LogP contribution is 2.46. The molecule has 1 heterocycles. The normalized spacial score (nSPS) is 23.1. The zero-order valence-corrected chi connectivity index (χ0v) is 7.27. The zero-order valence-electron chi connectivity index (χ0n) is 6.45. The third-order valence-electron chi connectivity index (χ3n) is 2.31. The third kappa shape index (κ3) is 1.19. The van der Waals surface area contributed by atoms with Crippen LogP contribution in [-0.4, -0.2) is 9.48 Å². The third-order valence-corrected chi connectivity index (χ3v) is 3.28. The van der Waals surface area contributed by atoms with Crippen molar-refractivity contribution >= 4 is 11.5 Å². The van der Waals surface area contributed by atoms with Crippen LogP contribution in [0, 0.1) is 5.92 Å². The van der Waals surface area contributed by atoms with Crippen molar-refractivity contribution in [3.05, 3.63) is 17.1 Å². The Morgan fingerprint density at radius 2 is 2.45 bits per heavy atom. The second-order valence-corrected chi connectivity index (χ2v) is 4.13. The van der Waals surface area contributed by atoms with Crippen LogP contribution in [0.25, 0.3) is 0 Å². The van der Waals surface area contributed by atoms with Gasteiger partial charge in [0.05, 0.1) is 4.88 Å². The first-order valence-corrected chi connectivity index (χ1v) is 4.62. The van der Waals surface area contributed by atoms with Crippen LogP contribution >= 0.6 is 11.5 Å². The van der Waals surface area contributed by atoms with Crippen molar-refractivity contribution < 1.29 is 5.11 Å². The van der Waals surface area contributed by atoms with Gasteiger partial charge in [0.2, 0.25) is 0 Å². The van der Waals surface area contributed by atoms with Crippen molar-refractivity contribution in [1.82, 2.24) is 4.37 Å². The second-order valence-electron chi connectivity index (χ2n) is 3.30. The number of aliphatic hydroxyl groups is 1. The van der Waals surface area contributed by atoms with Gasteiger partial charge in [-0.2, -0.15) is 0 Å². The fourth-order valence-electron chi connectivity index (χ4n) is 1.32. The molecule has 2 rings (SSSR count). The maximum Gasteiger partial charge on any atom is 0.100 e. The summed E-state index contributed by atoms with van der Waals surface area (Å²) in [4.78, 5) is 1.00. The molecule has 1 aliphatic carbocycles. The number of hydrogen-bond acceptors (Lipinski definition) is 3. The number of rotatable bonds is 2. The highest BCUT2D eigenvalue weighted by molar-refractivity contribution is 7.05. The Labute approximate surface area is 70.0 Å². The van der Waals surface area contributed by atoms with Gasteiger partial charge in [-0.1, -0.05) is 0 Å². The lowest BCUT2D eigenvalue weighted by atomic mass is 9.99. The van der Waals surface area contributed by atoms with E-state index in [4.69, 9.17) is 0 Å². The molecule has 1 aromatic rings. The summed E-state index contributed by atoms with van der Waals surface area (Å²) in [5, 5.41) is 9.98. The Hall–Kier alpha value is -0.410. The zero-order chi connectivity index (χ0) is 7.90. The van der Waals surface area contributed by atoms with Gasteiger partial charge in [0, 0.05) is 6.20 Å². The van der Waals surface area contributed by atoms with Crippen molar-refractivity contribution in [3.8, 4) is 0 Å². The van der Waals surface area contributed by atoms with Gasteiger partial charge in [0.25, 0.3) is 0 Å². The minimum Gasteiger partial charge on any atom is -0.384 e. The predicted octanol–water partition coefficient (Wildman–Crippen LogP) is 1.76. The quantitative estimate of drug-likeness (QED) is 0.731. The Morgan fingerprint density at radius 3 is 2.91 bits per heavy atom. The first-order valence-electron chi connectivity index (χ1n) is 3.85. The molecule has 60 valence electrons. The van der Waals surface area contributed by atoms with E-state index in [2.05, 4.69) is 4.37 Å². The summed E-state index contributed by atoms with van der Waals surface area (Å²) in [6.07, 6.45) is 4.06. The van der Waals surface area contributed by atoms with E-state index < -0.39 is 5.60 Å². The maximum atomic E-state index is 9.98. The van der Waals surface area contributed by atoms with E-state index in [1.54, 1.807) is 6.20 Å². The molecule has 1 unspecified atom stereocenters. The molecule has 0 aromatic carbocycles. The molecule has 0 spiro atoms. The lowest BCUT2D eigenvalue weighted by Crippen LogP contribution is -2.21. The molecule has 1 atom stereocenters. The Bertz CT molecular complexity index is 239. The summed E-state index contributed by atoms with van der Waals surface area (Å²) < 4.78 is 3.98. The maximum absolute atomic E-state index is 9.98. The predicted molar refractivity (Wildman–Crippen MR) is 44.4 cm³/mol. The van der Waals surface area contributed by atoms with Gasteiger partial charge in [0.15, 0.2) is 0 Å². The molecule has 0 radical (unpaired) electrons. The molecule has 1 aromatic heterocycles. The van der Waals surface area contributed by atoms with Crippen LogP contribution in [0.1, 0.15) is 24.6 Å². The van der Waals surface area contributed by atoms with Gasteiger partial charge in [-0.25, -0.2) is 4.37 Å². The standard InChI is InChI=1S/C8H11NOS/c1-8(10,6-2-3-6)7-4-5-9-11-7/h4-6,10H,2-3H2,1H3. The van der Waals surface area contributed by atoms with Crippen LogP contribution < -0.4 is 0 Å². The molecule has 0 saturated heterocycles. The van der Waals surface area contributed by atoms with Crippen LogP contribution in [0.15, 0.2) is 12.3 Å². The topological polar surface area (TPSA) is 33.1 Å². The van der Waals surface area contributed by atoms with Crippen LogP contribution in [0.5, 0.6) is 0 Å².